The summed E-state index contributed by atoms with van der Waals surface area (Å²) in [6.45, 7) is 1.64. The van der Waals surface area contributed by atoms with Crippen molar-refractivity contribution >= 4 is 5.91 Å². The first-order chi connectivity index (χ1) is 12.0. The Hall–Kier alpha value is -2.53. The van der Waals surface area contributed by atoms with E-state index in [0.717, 1.165) is 12.8 Å². The average molecular weight is 341 g/mol. The highest BCUT2D eigenvalue weighted by Crippen LogP contribution is 2.26. The standard InChI is InChI=1S/C20H23NO4/c1-13(20(24)15-5-8-17(22)9-6-15)21-19(23)12-25-18-10-7-14-3-2-4-16(14)11-18/h5-11,13,20,22,24H,2-4,12H2,1H3,(H,21,23). The molecule has 1 aliphatic carbocycles. The zero-order chi connectivity index (χ0) is 17.8. The molecule has 0 spiro atoms. The maximum absolute atomic E-state index is 12.1. The number of aryl methyl sites for hydroxylation is 2. The summed E-state index contributed by atoms with van der Waals surface area (Å²) >= 11 is 0. The quantitative estimate of drug-likeness (QED) is 0.754. The Labute approximate surface area is 147 Å². The number of aromatic hydroxyl groups is 1. The lowest BCUT2D eigenvalue weighted by Crippen LogP contribution is -2.39. The van der Waals surface area contributed by atoms with Crippen molar-refractivity contribution in [2.45, 2.75) is 38.3 Å². The Morgan fingerprint density at radius 2 is 1.88 bits per heavy atom. The van der Waals surface area contributed by atoms with Gasteiger partial charge in [-0.2, -0.15) is 0 Å². The Bertz CT molecular complexity index is 742. The van der Waals surface area contributed by atoms with E-state index in [1.54, 1.807) is 19.1 Å². The molecule has 2 atom stereocenters. The number of phenolic OH excluding ortho intramolecular Hbond substituents is 1. The minimum absolute atomic E-state index is 0.0918. The van der Waals surface area contributed by atoms with E-state index in [1.807, 2.05) is 12.1 Å². The summed E-state index contributed by atoms with van der Waals surface area (Å²) in [6.07, 6.45) is 2.49. The molecule has 1 amide bonds. The van der Waals surface area contributed by atoms with Gasteiger partial charge in [0.1, 0.15) is 11.5 Å². The van der Waals surface area contributed by atoms with Gasteiger partial charge in [0.25, 0.3) is 5.91 Å². The van der Waals surface area contributed by atoms with Gasteiger partial charge < -0.3 is 20.3 Å². The highest BCUT2D eigenvalue weighted by molar-refractivity contribution is 5.77. The molecule has 0 aromatic heterocycles. The van der Waals surface area contributed by atoms with E-state index in [-0.39, 0.29) is 18.3 Å². The molecular weight excluding hydrogens is 318 g/mol. The summed E-state index contributed by atoms with van der Waals surface area (Å²) in [4.78, 5) is 12.1. The molecule has 0 heterocycles. The van der Waals surface area contributed by atoms with E-state index in [2.05, 4.69) is 11.4 Å². The van der Waals surface area contributed by atoms with Gasteiger partial charge in [-0.05, 0) is 67.1 Å². The Kier molecular flexibility index (Phi) is 5.24. The van der Waals surface area contributed by atoms with Crippen LogP contribution in [0.4, 0.5) is 0 Å². The summed E-state index contributed by atoms with van der Waals surface area (Å²) in [6, 6.07) is 11.8. The fourth-order valence-corrected chi connectivity index (χ4v) is 3.12. The number of rotatable bonds is 6. The number of fused-ring (bicyclic) bond motifs is 1. The molecule has 5 nitrogen and oxygen atoms in total. The molecule has 132 valence electrons. The lowest BCUT2D eigenvalue weighted by Gasteiger charge is -2.20. The number of aliphatic hydroxyl groups excluding tert-OH is 1. The van der Waals surface area contributed by atoms with Crippen molar-refractivity contribution in [1.29, 1.82) is 0 Å². The van der Waals surface area contributed by atoms with Crippen LogP contribution in [-0.4, -0.2) is 28.8 Å². The molecule has 3 rings (SSSR count). The lowest BCUT2D eigenvalue weighted by atomic mass is 10.0. The van der Waals surface area contributed by atoms with Crippen molar-refractivity contribution in [3.8, 4) is 11.5 Å². The summed E-state index contributed by atoms with van der Waals surface area (Å²) in [5, 5.41) is 22.3. The second-order valence-electron chi connectivity index (χ2n) is 6.47. The van der Waals surface area contributed by atoms with E-state index in [0.29, 0.717) is 11.3 Å². The number of nitrogens with one attached hydrogen (secondary N) is 1. The van der Waals surface area contributed by atoms with E-state index < -0.39 is 12.1 Å². The molecule has 0 fully saturated rings. The number of phenols is 1. The number of hydrogen-bond donors (Lipinski definition) is 3. The summed E-state index contributed by atoms with van der Waals surface area (Å²) in [5.74, 6) is 0.545. The van der Waals surface area contributed by atoms with Crippen LogP contribution in [-0.2, 0) is 17.6 Å². The second kappa shape index (κ2) is 7.57. The van der Waals surface area contributed by atoms with Gasteiger partial charge in [0, 0.05) is 0 Å². The predicted molar refractivity (Wildman–Crippen MR) is 94.6 cm³/mol. The highest BCUT2D eigenvalue weighted by Gasteiger charge is 2.19. The molecule has 0 radical (unpaired) electrons. The fraction of sp³-hybridized carbons (Fsp3) is 0.350. The topological polar surface area (TPSA) is 78.8 Å². The van der Waals surface area contributed by atoms with Crippen molar-refractivity contribution in [1.82, 2.24) is 5.32 Å². The molecule has 0 saturated carbocycles. The van der Waals surface area contributed by atoms with Crippen molar-refractivity contribution < 1.29 is 19.7 Å². The van der Waals surface area contributed by atoms with Crippen LogP contribution < -0.4 is 10.1 Å². The zero-order valence-electron chi connectivity index (χ0n) is 14.2. The summed E-state index contributed by atoms with van der Waals surface area (Å²) < 4.78 is 5.57. The third-order valence-corrected chi connectivity index (χ3v) is 4.54. The number of carbonyl (C=O) groups is 1. The number of hydrogen-bond acceptors (Lipinski definition) is 4. The molecule has 1 aliphatic rings. The van der Waals surface area contributed by atoms with Gasteiger partial charge in [0.05, 0.1) is 12.1 Å². The number of amides is 1. The van der Waals surface area contributed by atoms with Crippen LogP contribution in [0.15, 0.2) is 42.5 Å². The van der Waals surface area contributed by atoms with Crippen LogP contribution >= 0.6 is 0 Å². The van der Waals surface area contributed by atoms with Gasteiger partial charge in [-0.15, -0.1) is 0 Å². The van der Waals surface area contributed by atoms with Gasteiger partial charge in [-0.3, -0.25) is 4.79 Å². The third kappa shape index (κ3) is 4.31. The van der Waals surface area contributed by atoms with Crippen molar-refractivity contribution in [2.75, 3.05) is 6.61 Å². The molecule has 25 heavy (non-hydrogen) atoms. The van der Waals surface area contributed by atoms with Crippen LogP contribution in [0.1, 0.15) is 36.1 Å². The van der Waals surface area contributed by atoms with Gasteiger partial charge in [-0.1, -0.05) is 18.2 Å². The predicted octanol–water partition coefficient (Wildman–Crippen LogP) is 2.50. The minimum Gasteiger partial charge on any atom is -0.508 e. The largest absolute Gasteiger partial charge is 0.508 e. The number of aliphatic hydroxyl groups is 1. The molecule has 0 bridgehead atoms. The number of carbonyl (C=O) groups excluding carboxylic acids is 1. The van der Waals surface area contributed by atoms with Gasteiger partial charge in [0.15, 0.2) is 6.61 Å². The van der Waals surface area contributed by atoms with E-state index in [9.17, 15) is 15.0 Å². The van der Waals surface area contributed by atoms with Crippen LogP contribution in [0.5, 0.6) is 11.5 Å². The van der Waals surface area contributed by atoms with E-state index >= 15 is 0 Å². The molecule has 2 unspecified atom stereocenters. The molecule has 2 aromatic carbocycles. The lowest BCUT2D eigenvalue weighted by molar-refractivity contribution is -0.124. The second-order valence-corrected chi connectivity index (χ2v) is 6.47. The van der Waals surface area contributed by atoms with Crippen molar-refractivity contribution in [3.63, 3.8) is 0 Å². The molecule has 2 aromatic rings. The monoisotopic (exact) mass is 341 g/mol. The first-order valence-electron chi connectivity index (χ1n) is 8.54. The third-order valence-electron chi connectivity index (χ3n) is 4.54. The molecule has 3 N–H and O–H groups in total. The minimum atomic E-state index is -0.857. The van der Waals surface area contributed by atoms with Crippen molar-refractivity contribution in [2.24, 2.45) is 0 Å². The Morgan fingerprint density at radius 1 is 1.16 bits per heavy atom. The first kappa shape index (κ1) is 17.3. The average Bonchev–Trinajstić information content (AvgIpc) is 3.07. The molecule has 5 heteroatoms. The normalized spacial score (nSPS) is 15.3. The number of ether oxygens (including phenoxy) is 1. The summed E-state index contributed by atoms with van der Waals surface area (Å²) in [7, 11) is 0. The SMILES string of the molecule is CC(NC(=O)COc1ccc2c(c1)CCC2)C(O)c1ccc(O)cc1. The highest BCUT2D eigenvalue weighted by atomic mass is 16.5. The molecule has 0 saturated heterocycles. The Balaban J connectivity index is 1.50. The molecule has 0 aliphatic heterocycles. The smallest absolute Gasteiger partial charge is 0.258 e. The first-order valence-corrected chi connectivity index (χ1v) is 8.54. The van der Waals surface area contributed by atoms with Crippen LogP contribution in [0, 0.1) is 0 Å². The van der Waals surface area contributed by atoms with Gasteiger partial charge in [-0.25, -0.2) is 0 Å². The fourth-order valence-electron chi connectivity index (χ4n) is 3.12. The number of benzene rings is 2. The van der Waals surface area contributed by atoms with Crippen LogP contribution in [0.2, 0.25) is 0 Å². The molecular formula is C20H23NO4. The van der Waals surface area contributed by atoms with Gasteiger partial charge in [0.2, 0.25) is 0 Å². The summed E-state index contributed by atoms with van der Waals surface area (Å²) in [5.41, 5.74) is 3.29. The zero-order valence-corrected chi connectivity index (χ0v) is 14.2. The van der Waals surface area contributed by atoms with Crippen LogP contribution in [0.3, 0.4) is 0 Å². The maximum atomic E-state index is 12.1. The van der Waals surface area contributed by atoms with Crippen LogP contribution in [0.25, 0.3) is 0 Å². The maximum Gasteiger partial charge on any atom is 0.258 e. The Morgan fingerprint density at radius 3 is 2.64 bits per heavy atom. The van der Waals surface area contributed by atoms with Crippen molar-refractivity contribution in [3.05, 3.63) is 59.2 Å². The van der Waals surface area contributed by atoms with Gasteiger partial charge >= 0.3 is 0 Å². The van der Waals surface area contributed by atoms with E-state index in [1.165, 1.54) is 29.7 Å². The van der Waals surface area contributed by atoms with E-state index in [4.69, 9.17) is 4.74 Å².